The fraction of sp³-hybridized carbons (Fsp3) is 0.429. The van der Waals surface area contributed by atoms with Gasteiger partial charge in [0.2, 0.25) is 0 Å². The standard InChI is InChI=1S/C14H15NS2/c1-15-14(10-6-3-7-11-14)17-13(16)12-8-4-2-5-9-12/h2,4-5,8-9H,3,6-7,10-11H2. The van der Waals surface area contributed by atoms with Gasteiger partial charge in [0.05, 0.1) is 4.20 Å². The summed E-state index contributed by atoms with van der Waals surface area (Å²) in [6.07, 6.45) is 5.54. The molecule has 1 aliphatic carbocycles. The third-order valence-corrected chi connectivity index (χ3v) is 4.92. The number of hydrogen-bond donors (Lipinski definition) is 0. The van der Waals surface area contributed by atoms with Gasteiger partial charge in [-0.15, -0.1) is 0 Å². The molecule has 0 N–H and O–H groups in total. The molecule has 0 atom stereocenters. The Kier molecular flexibility index (Phi) is 4.20. The molecule has 1 nitrogen and oxygen atoms in total. The first-order valence-electron chi connectivity index (χ1n) is 5.93. The minimum atomic E-state index is -0.287. The second kappa shape index (κ2) is 5.66. The lowest BCUT2D eigenvalue weighted by atomic mass is 9.95. The van der Waals surface area contributed by atoms with Crippen molar-refractivity contribution < 1.29 is 0 Å². The number of hydrogen-bond acceptors (Lipinski definition) is 2. The first-order chi connectivity index (χ1) is 8.26. The maximum Gasteiger partial charge on any atom is 0.282 e. The highest BCUT2D eigenvalue weighted by Crippen LogP contribution is 2.42. The van der Waals surface area contributed by atoms with Crippen LogP contribution in [-0.4, -0.2) is 9.07 Å². The molecule has 2 rings (SSSR count). The van der Waals surface area contributed by atoms with Crippen LogP contribution in [0.1, 0.15) is 37.7 Å². The minimum absolute atomic E-state index is 0.287. The number of thioether (sulfide) groups is 1. The van der Waals surface area contributed by atoms with Crippen molar-refractivity contribution in [2.75, 3.05) is 0 Å². The van der Waals surface area contributed by atoms with E-state index in [1.54, 1.807) is 11.8 Å². The van der Waals surface area contributed by atoms with E-state index in [9.17, 15) is 0 Å². The summed E-state index contributed by atoms with van der Waals surface area (Å²) in [7, 11) is 0. The zero-order chi connectivity index (χ0) is 12.1. The number of nitrogens with zero attached hydrogens (tertiary/aromatic N) is 1. The summed E-state index contributed by atoms with van der Waals surface area (Å²) in [5.74, 6) is 0. The van der Waals surface area contributed by atoms with E-state index in [1.165, 1.54) is 6.42 Å². The van der Waals surface area contributed by atoms with Crippen LogP contribution < -0.4 is 0 Å². The maximum absolute atomic E-state index is 7.45. The van der Waals surface area contributed by atoms with Gasteiger partial charge in [0, 0.05) is 12.8 Å². The topological polar surface area (TPSA) is 4.36 Å². The minimum Gasteiger partial charge on any atom is -0.298 e. The smallest absolute Gasteiger partial charge is 0.282 e. The summed E-state index contributed by atoms with van der Waals surface area (Å²) in [5.41, 5.74) is 1.07. The van der Waals surface area contributed by atoms with Crippen LogP contribution in [0.2, 0.25) is 0 Å². The van der Waals surface area contributed by atoms with Crippen molar-refractivity contribution in [1.82, 2.24) is 0 Å². The molecule has 1 aromatic rings. The predicted octanol–water partition coefficient (Wildman–Crippen LogP) is 4.67. The normalized spacial score (nSPS) is 18.3. The van der Waals surface area contributed by atoms with Crippen molar-refractivity contribution in [2.24, 2.45) is 0 Å². The van der Waals surface area contributed by atoms with Crippen molar-refractivity contribution in [3.63, 3.8) is 0 Å². The molecule has 0 aromatic heterocycles. The van der Waals surface area contributed by atoms with E-state index in [0.29, 0.717) is 0 Å². The van der Waals surface area contributed by atoms with Gasteiger partial charge in [0.15, 0.2) is 0 Å². The highest BCUT2D eigenvalue weighted by atomic mass is 32.2. The third kappa shape index (κ3) is 3.08. The average molecular weight is 261 g/mol. The summed E-state index contributed by atoms with van der Waals surface area (Å²) in [6.45, 7) is 7.45. The quantitative estimate of drug-likeness (QED) is 0.562. The summed E-state index contributed by atoms with van der Waals surface area (Å²) in [4.78, 5) is 3.58. The maximum atomic E-state index is 7.45. The molecular weight excluding hydrogens is 246 g/mol. The van der Waals surface area contributed by atoms with Gasteiger partial charge < -0.3 is 0 Å². The van der Waals surface area contributed by atoms with Crippen LogP contribution in [0.3, 0.4) is 0 Å². The van der Waals surface area contributed by atoms with Crippen LogP contribution in [0.4, 0.5) is 0 Å². The Morgan fingerprint density at radius 1 is 1.18 bits per heavy atom. The fourth-order valence-electron chi connectivity index (χ4n) is 2.15. The molecule has 3 heteroatoms. The van der Waals surface area contributed by atoms with E-state index in [4.69, 9.17) is 18.8 Å². The fourth-order valence-corrected chi connectivity index (χ4v) is 3.89. The molecule has 0 amide bonds. The van der Waals surface area contributed by atoms with Gasteiger partial charge in [-0.3, -0.25) is 4.85 Å². The largest absolute Gasteiger partial charge is 0.298 e. The molecular formula is C14H15NS2. The van der Waals surface area contributed by atoms with Gasteiger partial charge in [0.25, 0.3) is 4.87 Å². The molecule has 88 valence electrons. The molecule has 17 heavy (non-hydrogen) atoms. The molecule has 0 bridgehead atoms. The lowest BCUT2D eigenvalue weighted by Crippen LogP contribution is -2.25. The molecule has 1 aromatic carbocycles. The van der Waals surface area contributed by atoms with E-state index in [2.05, 4.69) is 4.85 Å². The number of rotatable bonds is 2. The Labute approximate surface area is 112 Å². The lowest BCUT2D eigenvalue weighted by molar-refractivity contribution is 0.451. The highest BCUT2D eigenvalue weighted by molar-refractivity contribution is 8.24. The van der Waals surface area contributed by atoms with Crippen LogP contribution in [0, 0.1) is 6.57 Å². The Morgan fingerprint density at radius 3 is 2.41 bits per heavy atom. The van der Waals surface area contributed by atoms with Crippen LogP contribution in [0.15, 0.2) is 30.3 Å². The van der Waals surface area contributed by atoms with Crippen molar-refractivity contribution >= 4 is 28.2 Å². The van der Waals surface area contributed by atoms with E-state index in [-0.39, 0.29) is 4.87 Å². The number of benzene rings is 1. The van der Waals surface area contributed by atoms with Crippen molar-refractivity contribution in [3.8, 4) is 0 Å². The molecule has 1 aliphatic rings. The summed E-state index contributed by atoms with van der Waals surface area (Å²) in [6, 6.07) is 10.0. The summed E-state index contributed by atoms with van der Waals surface area (Å²) < 4.78 is 0.864. The molecule has 0 aliphatic heterocycles. The van der Waals surface area contributed by atoms with Gasteiger partial charge in [-0.05, 0) is 30.2 Å². The van der Waals surface area contributed by atoms with Gasteiger partial charge in [-0.25, -0.2) is 6.57 Å². The second-order valence-electron chi connectivity index (χ2n) is 4.37. The van der Waals surface area contributed by atoms with Gasteiger partial charge in [-0.2, -0.15) is 0 Å². The van der Waals surface area contributed by atoms with Crippen molar-refractivity contribution in [3.05, 3.63) is 47.3 Å². The van der Waals surface area contributed by atoms with Crippen molar-refractivity contribution in [2.45, 2.75) is 37.0 Å². The summed E-state index contributed by atoms with van der Waals surface area (Å²) in [5, 5.41) is 0. The zero-order valence-corrected chi connectivity index (χ0v) is 11.3. The first kappa shape index (κ1) is 12.6. The van der Waals surface area contributed by atoms with Crippen LogP contribution in [0.25, 0.3) is 4.85 Å². The van der Waals surface area contributed by atoms with Gasteiger partial charge in [0.1, 0.15) is 0 Å². The highest BCUT2D eigenvalue weighted by Gasteiger charge is 2.40. The monoisotopic (exact) mass is 261 g/mol. The second-order valence-corrected chi connectivity index (χ2v) is 6.41. The van der Waals surface area contributed by atoms with E-state index >= 15 is 0 Å². The van der Waals surface area contributed by atoms with E-state index < -0.39 is 0 Å². The zero-order valence-electron chi connectivity index (χ0n) is 9.69. The molecule has 0 unspecified atom stereocenters. The first-order valence-corrected chi connectivity index (χ1v) is 7.15. The third-order valence-electron chi connectivity index (χ3n) is 3.13. The molecule has 0 saturated heterocycles. The summed E-state index contributed by atoms with van der Waals surface area (Å²) >= 11 is 7.06. The van der Waals surface area contributed by atoms with Gasteiger partial charge in [-0.1, -0.05) is 49.0 Å². The Bertz CT molecular complexity index is 427. The van der Waals surface area contributed by atoms with Crippen LogP contribution in [0.5, 0.6) is 0 Å². The predicted molar refractivity (Wildman–Crippen MR) is 78.2 cm³/mol. The molecule has 0 radical (unpaired) electrons. The Morgan fingerprint density at radius 2 is 1.82 bits per heavy atom. The van der Waals surface area contributed by atoms with Crippen LogP contribution >= 0.6 is 24.0 Å². The van der Waals surface area contributed by atoms with Crippen LogP contribution in [-0.2, 0) is 0 Å². The van der Waals surface area contributed by atoms with E-state index in [0.717, 1.165) is 35.4 Å². The van der Waals surface area contributed by atoms with Crippen molar-refractivity contribution in [1.29, 1.82) is 0 Å². The molecule has 0 spiro atoms. The van der Waals surface area contributed by atoms with Gasteiger partial charge >= 0.3 is 0 Å². The molecule has 1 fully saturated rings. The van der Waals surface area contributed by atoms with E-state index in [1.807, 2.05) is 30.3 Å². The Hall–Kier alpha value is -0.850. The lowest BCUT2D eigenvalue weighted by Gasteiger charge is -2.25. The molecule has 1 saturated carbocycles. The average Bonchev–Trinajstić information content (AvgIpc) is 2.41. The Balaban J connectivity index is 2.10. The number of thiocarbonyl (C=S) groups is 1. The SMILES string of the molecule is [C-]#[N+]C1(SC(=S)c2ccccc2)CCCCC1. The molecule has 0 heterocycles.